The number of benzene rings is 1. The summed E-state index contributed by atoms with van der Waals surface area (Å²) in [5, 5.41) is 3.53. The van der Waals surface area contributed by atoms with Gasteiger partial charge in [-0.3, -0.25) is 4.79 Å². The third-order valence-electron chi connectivity index (χ3n) is 4.99. The minimum absolute atomic E-state index is 0.129. The van der Waals surface area contributed by atoms with E-state index in [1.54, 1.807) is 12.1 Å². The first-order valence-electron chi connectivity index (χ1n) is 8.64. The van der Waals surface area contributed by atoms with E-state index in [4.69, 9.17) is 11.6 Å². The van der Waals surface area contributed by atoms with E-state index in [2.05, 4.69) is 17.3 Å². The van der Waals surface area contributed by atoms with E-state index in [9.17, 15) is 13.2 Å². The third-order valence-corrected chi connectivity index (χ3v) is 7.17. The van der Waals surface area contributed by atoms with Crippen LogP contribution in [0.4, 0.5) is 0 Å². The third kappa shape index (κ3) is 4.16. The Labute approximate surface area is 154 Å². The highest BCUT2D eigenvalue weighted by atomic mass is 35.5. The number of nitrogens with zero attached hydrogens (tertiary/aromatic N) is 2. The van der Waals surface area contributed by atoms with Crippen molar-refractivity contribution in [2.45, 2.75) is 42.7 Å². The van der Waals surface area contributed by atoms with Crippen LogP contribution in [0.15, 0.2) is 29.2 Å². The lowest BCUT2D eigenvalue weighted by Crippen LogP contribution is -2.51. The molecule has 2 fully saturated rings. The molecule has 3 rings (SSSR count). The van der Waals surface area contributed by atoms with Gasteiger partial charge in [0.25, 0.3) is 0 Å². The number of likely N-dealkylation sites (tertiary alicyclic amines) is 1. The van der Waals surface area contributed by atoms with Crippen molar-refractivity contribution in [1.29, 1.82) is 0 Å². The van der Waals surface area contributed by atoms with Crippen LogP contribution in [0.2, 0.25) is 5.02 Å². The molecule has 2 aliphatic rings. The Morgan fingerprint density at radius 3 is 2.40 bits per heavy atom. The molecule has 0 saturated carbocycles. The number of hydrogen-bond donors (Lipinski definition) is 1. The van der Waals surface area contributed by atoms with Crippen molar-refractivity contribution >= 4 is 27.5 Å². The second-order valence-corrected chi connectivity index (χ2v) is 9.14. The monoisotopic (exact) mass is 385 g/mol. The zero-order chi connectivity index (χ0) is 18.0. The lowest BCUT2D eigenvalue weighted by atomic mass is 10.0. The van der Waals surface area contributed by atoms with E-state index >= 15 is 0 Å². The highest BCUT2D eigenvalue weighted by molar-refractivity contribution is 7.89. The summed E-state index contributed by atoms with van der Waals surface area (Å²) in [7, 11) is -1.63. The van der Waals surface area contributed by atoms with Gasteiger partial charge in [-0.25, -0.2) is 8.42 Å². The molecule has 1 aromatic carbocycles. The van der Waals surface area contributed by atoms with Gasteiger partial charge in [-0.05, 0) is 70.1 Å². The summed E-state index contributed by atoms with van der Waals surface area (Å²) < 4.78 is 27.1. The first-order valence-corrected chi connectivity index (χ1v) is 10.5. The Hall–Kier alpha value is -1.15. The number of carbonyl (C=O) groups excluding carboxylic acids is 1. The van der Waals surface area contributed by atoms with Gasteiger partial charge in [-0.2, -0.15) is 4.31 Å². The number of piperidine rings is 1. The minimum atomic E-state index is -3.69. The molecular weight excluding hydrogens is 362 g/mol. The number of carbonyl (C=O) groups is 1. The van der Waals surface area contributed by atoms with Crippen LogP contribution in [0, 0.1) is 0 Å². The van der Waals surface area contributed by atoms with Gasteiger partial charge in [0.2, 0.25) is 15.9 Å². The van der Waals surface area contributed by atoms with Gasteiger partial charge in [0, 0.05) is 17.6 Å². The highest BCUT2D eigenvalue weighted by Gasteiger charge is 2.40. The lowest BCUT2D eigenvalue weighted by Gasteiger charge is -2.31. The smallest absolute Gasteiger partial charge is 0.243 e. The number of rotatable bonds is 4. The van der Waals surface area contributed by atoms with Crippen LogP contribution in [0.25, 0.3) is 0 Å². The fraction of sp³-hybridized carbons (Fsp3) is 0.588. The Kier molecular flexibility index (Phi) is 5.68. The zero-order valence-electron chi connectivity index (χ0n) is 14.3. The summed E-state index contributed by atoms with van der Waals surface area (Å²) in [6.45, 7) is 2.27. The predicted octanol–water partition coefficient (Wildman–Crippen LogP) is 1.70. The normalized spacial score (nSPS) is 23.7. The van der Waals surface area contributed by atoms with Crippen molar-refractivity contribution < 1.29 is 13.2 Å². The molecule has 1 atom stereocenters. The standard InChI is InChI=1S/C17H24ClN3O3S/c1-20-11-8-14(9-12-20)19-17(22)16-3-2-10-21(16)25(23,24)15-6-4-13(18)5-7-15/h4-7,14,16H,2-3,8-12H2,1H3,(H,19,22). The van der Waals surface area contributed by atoms with Crippen LogP contribution in [0.3, 0.4) is 0 Å². The van der Waals surface area contributed by atoms with Gasteiger partial charge >= 0.3 is 0 Å². The van der Waals surface area contributed by atoms with Gasteiger partial charge in [0.05, 0.1) is 4.90 Å². The quantitative estimate of drug-likeness (QED) is 0.856. The molecule has 0 aliphatic carbocycles. The molecule has 8 heteroatoms. The minimum Gasteiger partial charge on any atom is -0.352 e. The maximum atomic E-state index is 12.9. The maximum Gasteiger partial charge on any atom is 0.243 e. The second-order valence-electron chi connectivity index (χ2n) is 6.81. The molecule has 1 amide bonds. The fourth-order valence-electron chi connectivity index (χ4n) is 3.48. The second kappa shape index (κ2) is 7.61. The molecule has 2 aliphatic heterocycles. The maximum absolute atomic E-state index is 12.9. The molecular formula is C17H24ClN3O3S. The van der Waals surface area contributed by atoms with Crippen LogP contribution in [0.1, 0.15) is 25.7 Å². The van der Waals surface area contributed by atoms with E-state index < -0.39 is 16.1 Å². The molecule has 2 saturated heterocycles. The summed E-state index contributed by atoms with van der Waals surface area (Å²) in [4.78, 5) is 15.1. The lowest BCUT2D eigenvalue weighted by molar-refractivity contribution is -0.125. The molecule has 25 heavy (non-hydrogen) atoms. The van der Waals surface area contributed by atoms with E-state index in [1.807, 2.05) is 0 Å². The van der Waals surface area contributed by atoms with Crippen LogP contribution < -0.4 is 5.32 Å². The van der Waals surface area contributed by atoms with Crippen LogP contribution in [0.5, 0.6) is 0 Å². The molecule has 138 valence electrons. The van der Waals surface area contributed by atoms with Gasteiger partial charge < -0.3 is 10.2 Å². The van der Waals surface area contributed by atoms with Crippen molar-refractivity contribution in [3.63, 3.8) is 0 Å². The number of halogens is 1. The molecule has 6 nitrogen and oxygen atoms in total. The molecule has 0 bridgehead atoms. The van der Waals surface area contributed by atoms with Crippen LogP contribution in [-0.2, 0) is 14.8 Å². The fourth-order valence-corrected chi connectivity index (χ4v) is 5.26. The number of sulfonamides is 1. The van der Waals surface area contributed by atoms with Crippen molar-refractivity contribution in [3.8, 4) is 0 Å². The topological polar surface area (TPSA) is 69.7 Å². The molecule has 2 heterocycles. The van der Waals surface area contributed by atoms with Gasteiger partial charge in [0.15, 0.2) is 0 Å². The zero-order valence-corrected chi connectivity index (χ0v) is 15.9. The summed E-state index contributed by atoms with van der Waals surface area (Å²) in [6, 6.07) is 5.59. The Morgan fingerprint density at radius 2 is 1.76 bits per heavy atom. The largest absolute Gasteiger partial charge is 0.352 e. The molecule has 1 unspecified atom stereocenters. The number of nitrogens with one attached hydrogen (secondary N) is 1. The predicted molar refractivity (Wildman–Crippen MR) is 97.0 cm³/mol. The average Bonchev–Trinajstić information content (AvgIpc) is 3.08. The Bertz CT molecular complexity index is 715. The first-order chi connectivity index (χ1) is 11.9. The SMILES string of the molecule is CN1CCC(NC(=O)C2CCCN2S(=O)(=O)c2ccc(Cl)cc2)CC1. The Balaban J connectivity index is 1.71. The molecule has 1 N–H and O–H groups in total. The van der Waals surface area contributed by atoms with E-state index in [-0.39, 0.29) is 16.8 Å². The molecule has 0 aromatic heterocycles. The summed E-state index contributed by atoms with van der Waals surface area (Å²) in [5.41, 5.74) is 0. The van der Waals surface area contributed by atoms with E-state index in [0.717, 1.165) is 25.9 Å². The van der Waals surface area contributed by atoms with E-state index in [1.165, 1.54) is 16.4 Å². The summed E-state index contributed by atoms with van der Waals surface area (Å²) in [6.07, 6.45) is 3.06. The van der Waals surface area contributed by atoms with Crippen molar-refractivity contribution in [2.75, 3.05) is 26.7 Å². The highest BCUT2D eigenvalue weighted by Crippen LogP contribution is 2.27. The molecule has 1 aromatic rings. The molecule has 0 radical (unpaired) electrons. The van der Waals surface area contributed by atoms with Gasteiger partial charge in [0.1, 0.15) is 6.04 Å². The number of amides is 1. The molecule has 0 spiro atoms. The van der Waals surface area contributed by atoms with Crippen molar-refractivity contribution in [2.24, 2.45) is 0 Å². The van der Waals surface area contributed by atoms with Gasteiger partial charge in [-0.15, -0.1) is 0 Å². The summed E-state index contributed by atoms with van der Waals surface area (Å²) >= 11 is 5.84. The van der Waals surface area contributed by atoms with Crippen molar-refractivity contribution in [3.05, 3.63) is 29.3 Å². The first kappa shape index (κ1) is 18.6. The van der Waals surface area contributed by atoms with Crippen molar-refractivity contribution in [1.82, 2.24) is 14.5 Å². The van der Waals surface area contributed by atoms with Crippen LogP contribution >= 0.6 is 11.6 Å². The Morgan fingerprint density at radius 1 is 1.12 bits per heavy atom. The van der Waals surface area contributed by atoms with Gasteiger partial charge in [-0.1, -0.05) is 11.6 Å². The average molecular weight is 386 g/mol. The summed E-state index contributed by atoms with van der Waals surface area (Å²) in [5.74, 6) is -0.176. The number of hydrogen-bond acceptors (Lipinski definition) is 4. The van der Waals surface area contributed by atoms with Crippen LogP contribution in [-0.4, -0.2) is 62.3 Å². The van der Waals surface area contributed by atoms with E-state index in [0.29, 0.717) is 24.4 Å².